The van der Waals surface area contributed by atoms with Crippen molar-refractivity contribution in [2.45, 2.75) is 56.6 Å². The van der Waals surface area contributed by atoms with Gasteiger partial charge in [-0.1, -0.05) is 56.4 Å². The molecule has 130 valence electrons. The summed E-state index contributed by atoms with van der Waals surface area (Å²) in [5, 5.41) is 0.843. The molecule has 0 heterocycles. The molecule has 1 aromatic carbocycles. The first-order chi connectivity index (χ1) is 11.2. The van der Waals surface area contributed by atoms with E-state index in [-0.39, 0.29) is 1.43 Å². The first-order valence-electron chi connectivity index (χ1n) is 8.83. The van der Waals surface area contributed by atoms with Gasteiger partial charge in [0.05, 0.1) is 0 Å². The van der Waals surface area contributed by atoms with Crippen LogP contribution >= 0.6 is 24.0 Å². The van der Waals surface area contributed by atoms with Crippen LogP contribution in [0.3, 0.4) is 0 Å². The van der Waals surface area contributed by atoms with Crippen molar-refractivity contribution in [3.63, 3.8) is 0 Å². The van der Waals surface area contributed by atoms with Crippen LogP contribution in [0.4, 0.5) is 0 Å². The van der Waals surface area contributed by atoms with Crippen LogP contribution in [-0.2, 0) is 5.41 Å². The molecule has 4 unspecified atom stereocenters. The van der Waals surface area contributed by atoms with E-state index in [2.05, 4.69) is 74.0 Å². The van der Waals surface area contributed by atoms with Gasteiger partial charge in [-0.15, -0.1) is 0 Å². The standard InChI is InChI=1S/C19H29NS.CH2S.H2/c1-3-19(16-8-6-5-7-9-16)11-15-10-18(13-19,14-20)12-17(15)21-4-2;1-2;/h5-9,15,17H,3-4,10-14,20H2,1-2H3;1H2;1H. The average Bonchev–Trinajstić information content (AvgIpc) is 2.88. The molecular weight excluding hydrogens is 318 g/mol. The molecule has 0 aromatic heterocycles. The highest BCUT2D eigenvalue weighted by atomic mass is 32.2. The highest BCUT2D eigenvalue weighted by molar-refractivity contribution is 7.99. The van der Waals surface area contributed by atoms with Crippen molar-refractivity contribution >= 4 is 29.9 Å². The van der Waals surface area contributed by atoms with Gasteiger partial charge >= 0.3 is 0 Å². The van der Waals surface area contributed by atoms with E-state index >= 15 is 0 Å². The first-order valence-corrected chi connectivity index (χ1v) is 10.5. The van der Waals surface area contributed by atoms with Gasteiger partial charge in [0.2, 0.25) is 0 Å². The van der Waals surface area contributed by atoms with E-state index in [1.165, 1.54) is 37.9 Å². The molecule has 1 nitrogen and oxygen atoms in total. The molecule has 2 aliphatic rings. The third kappa shape index (κ3) is 3.67. The molecular formula is C20H33NS2. The van der Waals surface area contributed by atoms with Crippen molar-refractivity contribution in [1.82, 2.24) is 0 Å². The zero-order chi connectivity index (χ0) is 16.9. The summed E-state index contributed by atoms with van der Waals surface area (Å²) in [5.74, 6) is 4.94. The lowest BCUT2D eigenvalue weighted by molar-refractivity contribution is 0.125. The Morgan fingerprint density at radius 3 is 2.48 bits per heavy atom. The van der Waals surface area contributed by atoms with Crippen molar-refractivity contribution in [3.05, 3.63) is 35.9 Å². The maximum atomic E-state index is 6.28. The van der Waals surface area contributed by atoms with Gasteiger partial charge in [-0.05, 0) is 72.6 Å². The molecule has 2 saturated carbocycles. The predicted octanol–water partition coefficient (Wildman–Crippen LogP) is 5.47. The maximum absolute atomic E-state index is 6.28. The summed E-state index contributed by atoms with van der Waals surface area (Å²) in [6, 6.07) is 11.2. The SMILES string of the molecule is C=S.CCSC1CC2(CN)CC1CC(CC)(c1ccccc1)C2.[HH]. The van der Waals surface area contributed by atoms with Crippen molar-refractivity contribution in [2.24, 2.45) is 17.1 Å². The van der Waals surface area contributed by atoms with E-state index in [4.69, 9.17) is 5.73 Å². The molecule has 0 spiro atoms. The Morgan fingerprint density at radius 2 is 1.91 bits per heavy atom. The van der Waals surface area contributed by atoms with Gasteiger partial charge in [0.25, 0.3) is 0 Å². The fourth-order valence-corrected chi connectivity index (χ4v) is 6.50. The van der Waals surface area contributed by atoms with Gasteiger partial charge in [0.15, 0.2) is 0 Å². The Morgan fingerprint density at radius 1 is 1.22 bits per heavy atom. The number of thioether (sulfide) groups is 1. The number of fused-ring (bicyclic) bond motifs is 2. The lowest BCUT2D eigenvalue weighted by Crippen LogP contribution is -2.42. The fourth-order valence-electron chi connectivity index (χ4n) is 5.14. The Hall–Kier alpha value is -0.380. The molecule has 3 rings (SSSR count). The van der Waals surface area contributed by atoms with Crippen LogP contribution in [0.15, 0.2) is 30.3 Å². The third-order valence-corrected chi connectivity index (χ3v) is 7.41. The number of nitrogens with two attached hydrogens (primary N) is 1. The van der Waals surface area contributed by atoms with E-state index in [9.17, 15) is 0 Å². The summed E-state index contributed by atoms with van der Waals surface area (Å²) in [7, 11) is 0. The molecule has 4 atom stereocenters. The van der Waals surface area contributed by atoms with Crippen LogP contribution in [-0.4, -0.2) is 23.4 Å². The second-order valence-electron chi connectivity index (χ2n) is 7.25. The first kappa shape index (κ1) is 19.0. The number of hydrogen-bond donors (Lipinski definition) is 1. The quantitative estimate of drug-likeness (QED) is 0.713. The van der Waals surface area contributed by atoms with Crippen LogP contribution in [0.2, 0.25) is 0 Å². The van der Waals surface area contributed by atoms with Crippen LogP contribution in [0.25, 0.3) is 0 Å². The van der Waals surface area contributed by atoms with Crippen LogP contribution < -0.4 is 5.73 Å². The van der Waals surface area contributed by atoms with E-state index < -0.39 is 0 Å². The van der Waals surface area contributed by atoms with E-state index in [1.807, 2.05) is 0 Å². The minimum absolute atomic E-state index is 0. The summed E-state index contributed by atoms with van der Waals surface area (Å²) < 4.78 is 0. The van der Waals surface area contributed by atoms with Gasteiger partial charge in [0.1, 0.15) is 0 Å². The molecule has 1 aromatic rings. The molecule has 0 radical (unpaired) electrons. The molecule has 2 bridgehead atoms. The molecule has 2 fully saturated rings. The lowest BCUT2D eigenvalue weighted by Gasteiger charge is -2.46. The van der Waals surface area contributed by atoms with Crippen LogP contribution in [0.1, 0.15) is 52.9 Å². The molecule has 0 saturated heterocycles. The Bertz CT molecular complexity index is 498. The maximum Gasteiger partial charge on any atom is 0.00815 e. The van der Waals surface area contributed by atoms with E-state index in [0.717, 1.165) is 17.7 Å². The molecule has 2 N–H and O–H groups in total. The number of rotatable bonds is 5. The van der Waals surface area contributed by atoms with Gasteiger partial charge < -0.3 is 5.73 Å². The van der Waals surface area contributed by atoms with Crippen molar-refractivity contribution < 1.29 is 1.43 Å². The molecule has 0 amide bonds. The zero-order valence-corrected chi connectivity index (χ0v) is 16.2. The largest absolute Gasteiger partial charge is 0.330 e. The second kappa shape index (κ2) is 8.13. The minimum Gasteiger partial charge on any atom is -0.330 e. The summed E-state index contributed by atoms with van der Waals surface area (Å²) >= 11 is 6.01. The van der Waals surface area contributed by atoms with Crippen LogP contribution in [0, 0.1) is 11.3 Å². The van der Waals surface area contributed by atoms with Gasteiger partial charge in [-0.25, -0.2) is 0 Å². The van der Waals surface area contributed by atoms with Gasteiger partial charge in [-0.3, -0.25) is 0 Å². The number of thiocarbonyl (C=S) groups is 1. The van der Waals surface area contributed by atoms with Crippen LogP contribution in [0.5, 0.6) is 0 Å². The fraction of sp³-hybridized carbons (Fsp3) is 0.650. The Kier molecular flexibility index (Phi) is 6.70. The smallest absolute Gasteiger partial charge is 0.00815 e. The normalized spacial score (nSPS) is 35.4. The van der Waals surface area contributed by atoms with Gasteiger partial charge in [0, 0.05) is 6.68 Å². The molecule has 0 aliphatic heterocycles. The summed E-state index contributed by atoms with van der Waals surface area (Å²) in [4.78, 5) is 0. The lowest BCUT2D eigenvalue weighted by atomic mass is 9.59. The highest BCUT2D eigenvalue weighted by Crippen LogP contribution is 2.61. The van der Waals surface area contributed by atoms with Gasteiger partial charge in [-0.2, -0.15) is 11.8 Å². The summed E-state index contributed by atoms with van der Waals surface area (Å²) in [6.07, 6.45) is 6.64. The monoisotopic (exact) mass is 351 g/mol. The topological polar surface area (TPSA) is 26.0 Å². The van der Waals surface area contributed by atoms with Crippen molar-refractivity contribution in [3.8, 4) is 0 Å². The summed E-state index contributed by atoms with van der Waals surface area (Å²) in [6.45, 7) is 5.55. The Balaban J connectivity index is 0.000000925. The van der Waals surface area contributed by atoms with E-state index in [1.54, 1.807) is 5.56 Å². The number of hydrogen-bond acceptors (Lipinski definition) is 3. The van der Waals surface area contributed by atoms with Crippen molar-refractivity contribution in [1.29, 1.82) is 0 Å². The highest BCUT2D eigenvalue weighted by Gasteiger charge is 2.54. The second-order valence-corrected chi connectivity index (χ2v) is 8.76. The molecule has 2 aliphatic carbocycles. The number of benzene rings is 1. The molecule has 23 heavy (non-hydrogen) atoms. The molecule has 3 heteroatoms. The average molecular weight is 352 g/mol. The van der Waals surface area contributed by atoms with Crippen molar-refractivity contribution in [2.75, 3.05) is 12.3 Å². The minimum atomic E-state index is 0. The predicted molar refractivity (Wildman–Crippen MR) is 111 cm³/mol. The van der Waals surface area contributed by atoms with E-state index in [0.29, 0.717) is 10.8 Å². The summed E-state index contributed by atoms with van der Waals surface area (Å²) in [5.41, 5.74) is 8.60. The Labute approximate surface area is 153 Å². The third-order valence-electron chi connectivity index (χ3n) is 6.10. The zero-order valence-electron chi connectivity index (χ0n) is 14.6.